The van der Waals surface area contributed by atoms with E-state index in [-0.39, 0.29) is 19.1 Å². The standard InChI is InChI=1S/C68H129N2O6P/c1-6-8-10-12-14-16-18-20-22-24-26-28-30-31-32-33-34-35-36-37-38-39-40-42-44-46-48-50-52-54-56-58-60-62-68(72)69-66(65-76-77(73,74)75-64-63-70(3,4)5)67(71)61-59-57-55-53-51-49-47-45-43-41-29-27-25-23-21-19-17-15-13-11-9-7-2/h26,28,31-32,43,45,51,53,59,61,66-67,71H,6-25,27,29-30,33-42,44,46-50,52,54-58,60,62-65H2,1-5H3,(H-,69,72,73,74)/p+1/b28-26-,32-31-,45-43+,53-51+,61-59+. The summed E-state index contributed by atoms with van der Waals surface area (Å²) in [4.78, 5) is 23.4. The van der Waals surface area contributed by atoms with Crippen molar-refractivity contribution in [3.05, 3.63) is 60.8 Å². The SMILES string of the molecule is CCCCCCCCCCC/C=C\C/C=C\CCCCCCCCCCCCCCCCCCCC(=O)NC(COP(=O)(O)OCC[N+](C)(C)C)C(O)/C=C/CC/C=C/CC/C=C/CCCCCCCCCCCCCC. The number of carbonyl (C=O) groups excluding carboxylic acids is 1. The third-order valence-corrected chi connectivity index (χ3v) is 15.9. The van der Waals surface area contributed by atoms with Gasteiger partial charge < -0.3 is 19.8 Å². The Morgan fingerprint density at radius 3 is 1.12 bits per heavy atom. The Bertz CT molecular complexity index is 1440. The lowest BCUT2D eigenvalue weighted by molar-refractivity contribution is -0.870. The second-order valence-electron chi connectivity index (χ2n) is 23.8. The zero-order valence-corrected chi connectivity index (χ0v) is 52.6. The third-order valence-electron chi connectivity index (χ3n) is 14.9. The zero-order chi connectivity index (χ0) is 56.3. The number of unbranched alkanes of at least 4 members (excludes halogenated alkanes) is 40. The van der Waals surface area contributed by atoms with Gasteiger partial charge in [-0.25, -0.2) is 4.57 Å². The molecule has 0 saturated carbocycles. The van der Waals surface area contributed by atoms with Crippen molar-refractivity contribution in [2.75, 3.05) is 40.9 Å². The second kappa shape index (κ2) is 58.8. The number of carbonyl (C=O) groups is 1. The Hall–Kier alpha value is -1.80. The summed E-state index contributed by atoms with van der Waals surface area (Å²) in [6.45, 7) is 4.82. The highest BCUT2D eigenvalue weighted by molar-refractivity contribution is 7.47. The van der Waals surface area contributed by atoms with E-state index in [0.29, 0.717) is 17.4 Å². The molecule has 0 aliphatic heterocycles. The average molecular weight is 1100 g/mol. The van der Waals surface area contributed by atoms with Crippen LogP contribution in [0.2, 0.25) is 0 Å². The molecule has 0 aromatic heterocycles. The van der Waals surface area contributed by atoms with Crippen LogP contribution in [0.3, 0.4) is 0 Å². The number of phosphoric acid groups is 1. The van der Waals surface area contributed by atoms with Crippen molar-refractivity contribution in [3.63, 3.8) is 0 Å². The molecule has 0 rings (SSSR count). The van der Waals surface area contributed by atoms with Crippen LogP contribution in [-0.2, 0) is 18.4 Å². The first-order chi connectivity index (χ1) is 37.5. The number of quaternary nitrogens is 1. The summed E-state index contributed by atoms with van der Waals surface area (Å²) >= 11 is 0. The van der Waals surface area contributed by atoms with Crippen LogP contribution in [-0.4, -0.2) is 73.4 Å². The highest BCUT2D eigenvalue weighted by Gasteiger charge is 2.28. The topological polar surface area (TPSA) is 105 Å². The van der Waals surface area contributed by atoms with E-state index >= 15 is 0 Å². The highest BCUT2D eigenvalue weighted by atomic mass is 31.2. The molecule has 77 heavy (non-hydrogen) atoms. The number of nitrogens with one attached hydrogen (secondary N) is 1. The number of likely N-dealkylation sites (N-methyl/N-ethyl adjacent to an activating group) is 1. The van der Waals surface area contributed by atoms with Crippen LogP contribution in [0, 0.1) is 0 Å². The molecule has 0 aromatic rings. The molecule has 0 spiro atoms. The lowest BCUT2D eigenvalue weighted by Gasteiger charge is -2.25. The summed E-state index contributed by atoms with van der Waals surface area (Å²) in [5.74, 6) is -0.188. The van der Waals surface area contributed by atoms with Crippen LogP contribution >= 0.6 is 7.82 Å². The molecule has 0 fully saturated rings. The predicted molar refractivity (Wildman–Crippen MR) is 337 cm³/mol. The van der Waals surface area contributed by atoms with Gasteiger partial charge in [0.15, 0.2) is 0 Å². The number of rotatable bonds is 61. The third kappa shape index (κ3) is 61.7. The molecule has 1 amide bonds. The maximum absolute atomic E-state index is 13.0. The molecular formula is C68H130N2O6P+. The monoisotopic (exact) mass is 1100 g/mol. The summed E-state index contributed by atoms with van der Waals surface area (Å²) in [7, 11) is 1.55. The molecule has 0 aromatic carbocycles. The molecule has 0 radical (unpaired) electrons. The van der Waals surface area contributed by atoms with E-state index in [4.69, 9.17) is 9.05 Å². The quantitative estimate of drug-likeness (QED) is 0.0243. The molecular weight excluding hydrogens is 972 g/mol. The van der Waals surface area contributed by atoms with Gasteiger partial charge in [0.05, 0.1) is 39.9 Å². The molecule has 3 N–H and O–H groups in total. The highest BCUT2D eigenvalue weighted by Crippen LogP contribution is 2.43. The van der Waals surface area contributed by atoms with Gasteiger partial charge in [-0.1, -0.05) is 293 Å². The number of hydrogen-bond donors (Lipinski definition) is 3. The Kier molecular flexibility index (Phi) is 57.5. The summed E-state index contributed by atoms with van der Waals surface area (Å²) in [5, 5.41) is 14.0. The van der Waals surface area contributed by atoms with Gasteiger partial charge >= 0.3 is 7.82 Å². The first-order valence-corrected chi connectivity index (χ1v) is 34.7. The van der Waals surface area contributed by atoms with Gasteiger partial charge in [0.2, 0.25) is 5.91 Å². The number of hydrogen-bond acceptors (Lipinski definition) is 5. The van der Waals surface area contributed by atoms with E-state index in [0.717, 1.165) is 51.4 Å². The lowest BCUT2D eigenvalue weighted by atomic mass is 10.0. The Labute approximate surface area is 479 Å². The molecule has 8 nitrogen and oxygen atoms in total. The first-order valence-electron chi connectivity index (χ1n) is 33.2. The number of allylic oxidation sites excluding steroid dienone is 9. The minimum Gasteiger partial charge on any atom is -0.387 e. The van der Waals surface area contributed by atoms with Crippen molar-refractivity contribution in [1.29, 1.82) is 0 Å². The van der Waals surface area contributed by atoms with Crippen molar-refractivity contribution >= 4 is 13.7 Å². The van der Waals surface area contributed by atoms with Crippen LogP contribution in [0.4, 0.5) is 0 Å². The van der Waals surface area contributed by atoms with E-state index in [2.05, 4.69) is 67.8 Å². The molecule has 0 aliphatic carbocycles. The summed E-state index contributed by atoms with van der Waals surface area (Å²) in [6, 6.07) is -0.872. The fraction of sp³-hybridized carbons (Fsp3) is 0.838. The fourth-order valence-electron chi connectivity index (χ4n) is 9.75. The van der Waals surface area contributed by atoms with Crippen LogP contribution in [0.5, 0.6) is 0 Å². The van der Waals surface area contributed by atoms with Gasteiger partial charge in [0, 0.05) is 6.42 Å². The van der Waals surface area contributed by atoms with Crippen molar-refractivity contribution in [2.24, 2.45) is 0 Å². The van der Waals surface area contributed by atoms with E-state index in [1.54, 1.807) is 6.08 Å². The second-order valence-corrected chi connectivity index (χ2v) is 25.3. The minimum atomic E-state index is -4.36. The van der Waals surface area contributed by atoms with Crippen LogP contribution < -0.4 is 5.32 Å². The average Bonchev–Trinajstić information content (AvgIpc) is 3.39. The van der Waals surface area contributed by atoms with Gasteiger partial charge in [-0.15, -0.1) is 0 Å². The molecule has 452 valence electrons. The first kappa shape index (κ1) is 75.2. The molecule has 0 aliphatic rings. The molecule has 9 heteroatoms. The smallest absolute Gasteiger partial charge is 0.387 e. The van der Waals surface area contributed by atoms with E-state index in [1.165, 1.54) is 244 Å². The van der Waals surface area contributed by atoms with Crippen LogP contribution in [0.1, 0.15) is 316 Å². The lowest BCUT2D eigenvalue weighted by Crippen LogP contribution is -2.45. The van der Waals surface area contributed by atoms with Crippen LogP contribution in [0.15, 0.2) is 60.8 Å². The molecule has 3 atom stereocenters. The summed E-state index contributed by atoms with van der Waals surface area (Å²) < 4.78 is 23.8. The summed E-state index contributed by atoms with van der Waals surface area (Å²) in [5.41, 5.74) is 0. The Morgan fingerprint density at radius 2 is 0.753 bits per heavy atom. The van der Waals surface area contributed by atoms with Gasteiger partial charge in [0.25, 0.3) is 0 Å². The van der Waals surface area contributed by atoms with Gasteiger partial charge in [-0.2, -0.15) is 0 Å². The number of nitrogens with zero attached hydrogens (tertiary/aromatic N) is 1. The predicted octanol–water partition coefficient (Wildman–Crippen LogP) is 20.8. The van der Waals surface area contributed by atoms with Crippen molar-refractivity contribution in [3.8, 4) is 0 Å². The normalized spacial score (nSPS) is 14.1. The van der Waals surface area contributed by atoms with Gasteiger partial charge in [0.1, 0.15) is 13.2 Å². The molecule has 0 saturated heterocycles. The number of aliphatic hydroxyl groups is 1. The Balaban J connectivity index is 4.11. The molecule has 0 heterocycles. The zero-order valence-electron chi connectivity index (χ0n) is 51.7. The van der Waals surface area contributed by atoms with E-state index in [1.807, 2.05) is 27.2 Å². The van der Waals surface area contributed by atoms with Crippen molar-refractivity contribution in [2.45, 2.75) is 328 Å². The maximum Gasteiger partial charge on any atom is 0.472 e. The van der Waals surface area contributed by atoms with E-state index in [9.17, 15) is 19.4 Å². The molecule has 0 bridgehead atoms. The van der Waals surface area contributed by atoms with Crippen molar-refractivity contribution in [1.82, 2.24) is 5.32 Å². The summed E-state index contributed by atoms with van der Waals surface area (Å²) in [6.07, 6.45) is 80.8. The number of amides is 1. The molecule has 3 unspecified atom stereocenters. The van der Waals surface area contributed by atoms with Crippen LogP contribution in [0.25, 0.3) is 0 Å². The Morgan fingerprint density at radius 1 is 0.442 bits per heavy atom. The number of aliphatic hydroxyl groups excluding tert-OH is 1. The number of phosphoric ester groups is 1. The van der Waals surface area contributed by atoms with Crippen molar-refractivity contribution < 1.29 is 32.9 Å². The van der Waals surface area contributed by atoms with Gasteiger partial charge in [-0.3, -0.25) is 13.8 Å². The fourth-order valence-corrected chi connectivity index (χ4v) is 10.5. The minimum absolute atomic E-state index is 0.0531. The van der Waals surface area contributed by atoms with E-state index < -0.39 is 20.0 Å². The van der Waals surface area contributed by atoms with Gasteiger partial charge in [-0.05, 0) is 77.0 Å². The largest absolute Gasteiger partial charge is 0.472 e. The maximum atomic E-state index is 13.0.